The van der Waals surface area contributed by atoms with Crippen LogP contribution < -0.4 is 5.73 Å². The minimum atomic E-state index is -3.94. The summed E-state index contributed by atoms with van der Waals surface area (Å²) < 4.78 is 31.5. The van der Waals surface area contributed by atoms with E-state index in [0.29, 0.717) is 6.42 Å². The van der Waals surface area contributed by atoms with Gasteiger partial charge in [0.25, 0.3) is 0 Å². The van der Waals surface area contributed by atoms with E-state index in [1.54, 1.807) is 0 Å². The van der Waals surface area contributed by atoms with Crippen molar-refractivity contribution in [2.45, 2.75) is 63.5 Å². The van der Waals surface area contributed by atoms with Crippen LogP contribution in [0.3, 0.4) is 0 Å². The Morgan fingerprint density at radius 2 is 1.95 bits per heavy atom. The molecule has 0 amide bonds. The first-order chi connectivity index (χ1) is 8.89. The van der Waals surface area contributed by atoms with Crippen LogP contribution >= 0.6 is 12.4 Å². The Morgan fingerprint density at radius 1 is 1.40 bits per heavy atom. The quantitative estimate of drug-likeness (QED) is 0.738. The highest BCUT2D eigenvalue weighted by molar-refractivity contribution is 5.85. The van der Waals surface area contributed by atoms with Crippen molar-refractivity contribution in [3.63, 3.8) is 0 Å². The molecule has 3 N–H and O–H groups in total. The maximum Gasteiger partial charge on any atom is 0.379 e. The molecule has 20 heavy (non-hydrogen) atoms. The number of nitrogens with two attached hydrogens (primary N) is 1. The molecule has 2 atom stereocenters. The van der Waals surface area contributed by atoms with Crippen molar-refractivity contribution >= 4 is 18.4 Å². The van der Waals surface area contributed by atoms with Crippen LogP contribution in [0.15, 0.2) is 0 Å². The van der Waals surface area contributed by atoms with E-state index in [1.165, 1.54) is 6.92 Å². The van der Waals surface area contributed by atoms with Crippen molar-refractivity contribution in [3.8, 4) is 0 Å². The number of esters is 1. The van der Waals surface area contributed by atoms with Crippen LogP contribution in [-0.4, -0.2) is 35.8 Å². The lowest BCUT2D eigenvalue weighted by molar-refractivity contribution is -0.190. The average Bonchev–Trinajstić information content (AvgIpc) is 2.39. The van der Waals surface area contributed by atoms with Crippen LogP contribution in [0.25, 0.3) is 0 Å². The lowest BCUT2D eigenvalue weighted by Gasteiger charge is -2.29. The van der Waals surface area contributed by atoms with Crippen LogP contribution in [0.4, 0.5) is 8.78 Å². The highest BCUT2D eigenvalue weighted by atomic mass is 35.5. The maximum atomic E-state index is 13.6. The van der Waals surface area contributed by atoms with Gasteiger partial charge in [-0.1, -0.05) is 32.1 Å². The summed E-state index contributed by atoms with van der Waals surface area (Å²) in [6.07, 6.45) is 3.33. The predicted octanol–water partition coefficient (Wildman–Crippen LogP) is 2.27. The summed E-state index contributed by atoms with van der Waals surface area (Å²) in [6, 6.07) is -1.11. The minimum absolute atomic E-state index is 0. The molecule has 120 valence electrons. The minimum Gasteiger partial charge on any atom is -0.461 e. The maximum absolute atomic E-state index is 13.6. The van der Waals surface area contributed by atoms with Crippen molar-refractivity contribution in [2.75, 3.05) is 6.61 Å². The van der Waals surface area contributed by atoms with Gasteiger partial charge < -0.3 is 15.6 Å². The molecule has 1 rings (SSSR count). The summed E-state index contributed by atoms with van der Waals surface area (Å²) in [4.78, 5) is 11.1. The van der Waals surface area contributed by atoms with Gasteiger partial charge in [-0.3, -0.25) is 0 Å². The molecule has 0 aromatic rings. The van der Waals surface area contributed by atoms with E-state index < -0.39 is 24.0 Å². The second-order valence-corrected chi connectivity index (χ2v) is 5.19. The molecule has 0 spiro atoms. The van der Waals surface area contributed by atoms with E-state index in [2.05, 4.69) is 4.74 Å². The molecule has 0 aromatic heterocycles. The second kappa shape index (κ2) is 8.74. The van der Waals surface area contributed by atoms with Crippen molar-refractivity contribution in [2.24, 2.45) is 11.7 Å². The van der Waals surface area contributed by atoms with E-state index in [-0.39, 0.29) is 24.9 Å². The topological polar surface area (TPSA) is 72.5 Å². The number of ether oxygens (including phenoxy) is 1. The van der Waals surface area contributed by atoms with Gasteiger partial charge in [-0.2, -0.15) is 8.78 Å². The van der Waals surface area contributed by atoms with E-state index in [0.717, 1.165) is 32.1 Å². The summed E-state index contributed by atoms with van der Waals surface area (Å²) >= 11 is 0. The van der Waals surface area contributed by atoms with Crippen molar-refractivity contribution in [1.29, 1.82) is 0 Å². The number of alkyl halides is 2. The summed E-state index contributed by atoms with van der Waals surface area (Å²) in [5, 5.41) is 9.60. The van der Waals surface area contributed by atoms with Gasteiger partial charge in [0.2, 0.25) is 0 Å². The molecule has 0 unspecified atom stereocenters. The van der Waals surface area contributed by atoms with Gasteiger partial charge in [0.1, 0.15) is 6.10 Å². The third kappa shape index (κ3) is 5.14. The molecule has 1 aliphatic rings. The van der Waals surface area contributed by atoms with Crippen LogP contribution in [-0.2, 0) is 9.53 Å². The molecule has 7 heteroatoms. The van der Waals surface area contributed by atoms with Crippen LogP contribution in [0.5, 0.6) is 0 Å². The molecule has 1 fully saturated rings. The predicted molar refractivity (Wildman–Crippen MR) is 74.0 cm³/mol. The van der Waals surface area contributed by atoms with E-state index >= 15 is 0 Å². The lowest BCUT2D eigenvalue weighted by Crippen LogP contribution is -2.52. The normalized spacial score (nSPS) is 19.9. The number of carbonyl (C=O) groups excluding carboxylic acids is 1. The molecule has 4 nitrogen and oxygen atoms in total. The van der Waals surface area contributed by atoms with Crippen molar-refractivity contribution in [1.82, 2.24) is 0 Å². The molecule has 0 aliphatic heterocycles. The third-order valence-electron chi connectivity index (χ3n) is 3.65. The first-order valence-electron chi connectivity index (χ1n) is 6.88. The number of carbonyl (C=O) groups is 1. The Morgan fingerprint density at radius 3 is 2.45 bits per heavy atom. The molecule has 0 bridgehead atoms. The lowest BCUT2D eigenvalue weighted by atomic mass is 9.83. The van der Waals surface area contributed by atoms with E-state index in [1.807, 2.05) is 0 Å². The molecule has 0 aromatic carbocycles. The smallest absolute Gasteiger partial charge is 0.379 e. The number of rotatable bonds is 6. The molecular weight excluding hydrogens is 292 g/mol. The fraction of sp³-hybridized carbons (Fsp3) is 0.923. The second-order valence-electron chi connectivity index (χ2n) is 5.19. The highest BCUT2D eigenvalue weighted by Gasteiger charge is 2.50. The van der Waals surface area contributed by atoms with Gasteiger partial charge in [-0.25, -0.2) is 4.79 Å². The number of hydrogen-bond acceptors (Lipinski definition) is 4. The highest BCUT2D eigenvalue weighted by Crippen LogP contribution is 2.30. The molecule has 0 saturated heterocycles. The fourth-order valence-electron chi connectivity index (χ4n) is 2.55. The zero-order valence-corrected chi connectivity index (χ0v) is 12.5. The van der Waals surface area contributed by atoms with Crippen LogP contribution in [0.2, 0.25) is 0 Å². The zero-order chi connectivity index (χ0) is 14.5. The summed E-state index contributed by atoms with van der Waals surface area (Å²) in [5.41, 5.74) is 5.63. The largest absolute Gasteiger partial charge is 0.461 e. The van der Waals surface area contributed by atoms with Gasteiger partial charge in [0.15, 0.2) is 0 Å². The van der Waals surface area contributed by atoms with E-state index in [4.69, 9.17) is 5.73 Å². The Balaban J connectivity index is 0.00000361. The Labute approximate surface area is 124 Å². The van der Waals surface area contributed by atoms with Crippen LogP contribution in [0.1, 0.15) is 45.4 Å². The number of halogens is 3. The van der Waals surface area contributed by atoms with Crippen LogP contribution in [0, 0.1) is 5.92 Å². The van der Waals surface area contributed by atoms with Crippen molar-refractivity contribution in [3.05, 3.63) is 0 Å². The number of aliphatic hydroxyl groups is 1. The zero-order valence-electron chi connectivity index (χ0n) is 11.7. The molecule has 1 saturated carbocycles. The molecule has 0 radical (unpaired) electrons. The summed E-state index contributed by atoms with van der Waals surface area (Å²) in [5.74, 6) is -5.39. The average molecular weight is 316 g/mol. The molecule has 1 aliphatic carbocycles. The number of aliphatic hydroxyl groups excluding tert-OH is 1. The van der Waals surface area contributed by atoms with Gasteiger partial charge in [0, 0.05) is 6.04 Å². The van der Waals surface area contributed by atoms with Gasteiger partial charge in [-0.15, -0.1) is 12.4 Å². The fourth-order valence-corrected chi connectivity index (χ4v) is 2.55. The monoisotopic (exact) mass is 315 g/mol. The van der Waals surface area contributed by atoms with Gasteiger partial charge in [0.05, 0.1) is 6.61 Å². The first-order valence-corrected chi connectivity index (χ1v) is 6.88. The number of hydrogen-bond donors (Lipinski definition) is 2. The Kier molecular flexibility index (Phi) is 8.54. The van der Waals surface area contributed by atoms with Gasteiger partial charge in [-0.05, 0) is 19.3 Å². The Bertz CT molecular complexity index is 299. The van der Waals surface area contributed by atoms with Crippen molar-refractivity contribution < 1.29 is 23.4 Å². The van der Waals surface area contributed by atoms with E-state index in [9.17, 15) is 18.7 Å². The molecule has 0 heterocycles. The SMILES string of the molecule is CCOC(=O)C(F)(F)[C@@H](O)[C@H](N)CC1CCCCC1.Cl. The summed E-state index contributed by atoms with van der Waals surface area (Å²) in [6.45, 7) is 1.28. The Hall–Kier alpha value is -0.460. The first kappa shape index (κ1) is 19.5. The molecular formula is C13H24ClF2NO3. The van der Waals surface area contributed by atoms with Gasteiger partial charge >= 0.3 is 11.9 Å². The standard InChI is InChI=1S/C13H23F2NO3.ClH/c1-2-19-12(18)13(14,15)11(17)10(16)8-9-6-4-3-5-7-9;/h9-11,17H,2-8,16H2,1H3;1H/t10-,11+;/m1./s1. The summed E-state index contributed by atoms with van der Waals surface area (Å²) in [7, 11) is 0. The third-order valence-corrected chi connectivity index (χ3v) is 3.65.